The van der Waals surface area contributed by atoms with Crippen LogP contribution in [0.5, 0.6) is 0 Å². The number of aromatic nitrogens is 4. The molecule has 1 unspecified atom stereocenters. The third-order valence-electron chi connectivity index (χ3n) is 6.07. The predicted molar refractivity (Wildman–Crippen MR) is 106 cm³/mol. The molecule has 1 aliphatic carbocycles. The Morgan fingerprint density at radius 3 is 2.86 bits per heavy atom. The van der Waals surface area contributed by atoms with Crippen LogP contribution in [0.3, 0.4) is 0 Å². The molecule has 29 heavy (non-hydrogen) atoms. The highest BCUT2D eigenvalue weighted by Crippen LogP contribution is 2.31. The Morgan fingerprint density at radius 2 is 2.00 bits per heavy atom. The van der Waals surface area contributed by atoms with Gasteiger partial charge in [-0.15, -0.1) is 15.3 Å². The average Bonchev–Trinajstić information content (AvgIpc) is 3.21. The monoisotopic (exact) mass is 394 g/mol. The fourth-order valence-corrected chi connectivity index (χ4v) is 4.48. The maximum atomic E-state index is 13.5. The molecule has 8 heteroatoms. The number of fused-ring (bicyclic) bond motifs is 2. The van der Waals surface area contributed by atoms with Crippen molar-refractivity contribution in [1.29, 1.82) is 0 Å². The molecule has 2 aromatic heterocycles. The SMILES string of the molecule is O=C(NC1CCCc2cc(F)ccc21)C1CCN(c2ccc3nncn3n2)CC1. The zero-order valence-electron chi connectivity index (χ0n) is 16.1. The molecule has 0 saturated carbocycles. The molecule has 5 rings (SSSR count). The molecule has 0 bridgehead atoms. The molecule has 7 nitrogen and oxygen atoms in total. The van der Waals surface area contributed by atoms with Gasteiger partial charge in [-0.05, 0) is 67.5 Å². The van der Waals surface area contributed by atoms with Gasteiger partial charge in [0.15, 0.2) is 5.65 Å². The van der Waals surface area contributed by atoms with Gasteiger partial charge in [0.1, 0.15) is 18.0 Å². The number of hydrogen-bond acceptors (Lipinski definition) is 5. The fraction of sp³-hybridized carbons (Fsp3) is 0.429. The molecule has 1 amide bonds. The molecular weight excluding hydrogens is 371 g/mol. The summed E-state index contributed by atoms with van der Waals surface area (Å²) in [6.45, 7) is 1.57. The number of anilines is 1. The summed E-state index contributed by atoms with van der Waals surface area (Å²) in [5.41, 5.74) is 2.80. The summed E-state index contributed by atoms with van der Waals surface area (Å²) in [5, 5.41) is 15.6. The van der Waals surface area contributed by atoms with Crippen molar-refractivity contribution in [2.24, 2.45) is 5.92 Å². The summed E-state index contributed by atoms with van der Waals surface area (Å²) >= 11 is 0. The van der Waals surface area contributed by atoms with Crippen molar-refractivity contribution >= 4 is 17.4 Å². The first-order valence-corrected chi connectivity index (χ1v) is 10.2. The topological polar surface area (TPSA) is 75.4 Å². The smallest absolute Gasteiger partial charge is 0.223 e. The Kier molecular flexibility index (Phi) is 4.61. The van der Waals surface area contributed by atoms with Gasteiger partial charge in [-0.25, -0.2) is 4.39 Å². The molecule has 3 aromatic rings. The molecular formula is C21H23FN6O. The second kappa shape index (κ2) is 7.42. The van der Waals surface area contributed by atoms with E-state index in [1.54, 1.807) is 16.9 Å². The lowest BCUT2D eigenvalue weighted by Gasteiger charge is -2.33. The van der Waals surface area contributed by atoms with E-state index in [-0.39, 0.29) is 23.7 Å². The van der Waals surface area contributed by atoms with E-state index < -0.39 is 0 Å². The van der Waals surface area contributed by atoms with Gasteiger partial charge in [0.05, 0.1) is 6.04 Å². The molecule has 1 fully saturated rings. The van der Waals surface area contributed by atoms with Gasteiger partial charge in [0, 0.05) is 19.0 Å². The highest BCUT2D eigenvalue weighted by Gasteiger charge is 2.29. The molecule has 150 valence electrons. The third kappa shape index (κ3) is 3.54. The van der Waals surface area contributed by atoms with Crippen LogP contribution in [0.25, 0.3) is 5.65 Å². The average molecular weight is 394 g/mol. The van der Waals surface area contributed by atoms with E-state index in [1.165, 1.54) is 6.07 Å². The largest absolute Gasteiger partial charge is 0.355 e. The molecule has 2 aliphatic rings. The Bertz CT molecular complexity index is 1040. The number of hydrogen-bond donors (Lipinski definition) is 1. The van der Waals surface area contributed by atoms with Crippen LogP contribution in [-0.2, 0) is 11.2 Å². The first-order chi connectivity index (χ1) is 14.2. The van der Waals surface area contributed by atoms with Gasteiger partial charge in [-0.1, -0.05) is 6.07 Å². The van der Waals surface area contributed by atoms with E-state index in [0.717, 1.165) is 67.8 Å². The Balaban J connectivity index is 1.22. The van der Waals surface area contributed by atoms with Crippen LogP contribution in [0.2, 0.25) is 0 Å². The van der Waals surface area contributed by atoms with Gasteiger partial charge >= 0.3 is 0 Å². The van der Waals surface area contributed by atoms with Crippen molar-refractivity contribution in [3.05, 3.63) is 53.6 Å². The zero-order valence-corrected chi connectivity index (χ0v) is 16.1. The normalized spacial score (nSPS) is 19.9. The lowest BCUT2D eigenvalue weighted by atomic mass is 9.86. The number of rotatable bonds is 3. The molecule has 1 aromatic carbocycles. The van der Waals surface area contributed by atoms with Crippen molar-refractivity contribution in [2.45, 2.75) is 38.1 Å². The Hall–Kier alpha value is -3.03. The van der Waals surface area contributed by atoms with Crippen LogP contribution in [0.4, 0.5) is 10.2 Å². The first-order valence-electron chi connectivity index (χ1n) is 10.2. The first kappa shape index (κ1) is 18.0. The Morgan fingerprint density at radius 1 is 1.14 bits per heavy atom. The molecule has 1 atom stereocenters. The standard InChI is InChI=1S/C21H23FN6O/c22-16-4-5-17-15(12-16)2-1-3-18(17)24-21(29)14-8-10-27(11-9-14)20-7-6-19-25-23-13-28(19)26-20/h4-7,12-14,18H,1-3,8-11H2,(H,24,29). The summed E-state index contributed by atoms with van der Waals surface area (Å²) in [5.74, 6) is 0.769. The molecule has 1 aliphatic heterocycles. The van der Waals surface area contributed by atoms with Crippen molar-refractivity contribution in [1.82, 2.24) is 25.1 Å². The number of piperidine rings is 1. The minimum atomic E-state index is -0.207. The predicted octanol–water partition coefficient (Wildman–Crippen LogP) is 2.67. The van der Waals surface area contributed by atoms with Crippen LogP contribution in [-0.4, -0.2) is 38.8 Å². The van der Waals surface area contributed by atoms with E-state index in [1.807, 2.05) is 18.2 Å². The summed E-state index contributed by atoms with van der Waals surface area (Å²) in [7, 11) is 0. The maximum absolute atomic E-state index is 13.5. The lowest BCUT2D eigenvalue weighted by molar-refractivity contribution is -0.126. The number of aryl methyl sites for hydroxylation is 1. The minimum absolute atomic E-state index is 0.00397. The molecule has 3 heterocycles. The van der Waals surface area contributed by atoms with Gasteiger partial charge in [-0.3, -0.25) is 4.79 Å². The highest BCUT2D eigenvalue weighted by molar-refractivity contribution is 5.79. The van der Waals surface area contributed by atoms with E-state index in [2.05, 4.69) is 25.5 Å². The quantitative estimate of drug-likeness (QED) is 0.739. The van der Waals surface area contributed by atoms with Crippen LogP contribution in [0.15, 0.2) is 36.7 Å². The molecule has 1 N–H and O–H groups in total. The molecule has 0 spiro atoms. The summed E-state index contributed by atoms with van der Waals surface area (Å²) < 4.78 is 15.2. The van der Waals surface area contributed by atoms with Gasteiger partial charge in [0.25, 0.3) is 0 Å². The van der Waals surface area contributed by atoms with Crippen LogP contribution < -0.4 is 10.2 Å². The number of amides is 1. The zero-order chi connectivity index (χ0) is 19.8. The summed E-state index contributed by atoms with van der Waals surface area (Å²) in [6, 6.07) is 8.75. The Labute approximate surface area is 167 Å². The van der Waals surface area contributed by atoms with E-state index in [0.29, 0.717) is 0 Å². The second-order valence-corrected chi connectivity index (χ2v) is 7.88. The third-order valence-corrected chi connectivity index (χ3v) is 6.07. The van der Waals surface area contributed by atoms with E-state index in [9.17, 15) is 9.18 Å². The van der Waals surface area contributed by atoms with Gasteiger partial charge < -0.3 is 10.2 Å². The van der Waals surface area contributed by atoms with Gasteiger partial charge in [-0.2, -0.15) is 4.52 Å². The number of nitrogens with one attached hydrogen (secondary N) is 1. The second-order valence-electron chi connectivity index (χ2n) is 7.88. The van der Waals surface area contributed by atoms with Gasteiger partial charge in [0.2, 0.25) is 5.91 Å². The molecule has 1 saturated heterocycles. The fourth-order valence-electron chi connectivity index (χ4n) is 4.48. The van der Waals surface area contributed by atoms with E-state index >= 15 is 0 Å². The van der Waals surface area contributed by atoms with Crippen LogP contribution in [0, 0.1) is 11.7 Å². The number of halogens is 1. The van der Waals surface area contributed by atoms with Crippen molar-refractivity contribution in [3.8, 4) is 0 Å². The van der Waals surface area contributed by atoms with E-state index in [4.69, 9.17) is 0 Å². The molecule has 0 radical (unpaired) electrons. The summed E-state index contributed by atoms with van der Waals surface area (Å²) in [4.78, 5) is 15.1. The number of benzene rings is 1. The lowest BCUT2D eigenvalue weighted by Crippen LogP contribution is -2.42. The minimum Gasteiger partial charge on any atom is -0.355 e. The number of carbonyl (C=O) groups is 1. The van der Waals surface area contributed by atoms with Crippen LogP contribution >= 0.6 is 0 Å². The maximum Gasteiger partial charge on any atom is 0.223 e. The highest BCUT2D eigenvalue weighted by atomic mass is 19.1. The summed E-state index contributed by atoms with van der Waals surface area (Å²) in [6.07, 6.45) is 5.92. The number of carbonyl (C=O) groups excluding carboxylic acids is 1. The van der Waals surface area contributed by atoms with Crippen molar-refractivity contribution in [3.63, 3.8) is 0 Å². The van der Waals surface area contributed by atoms with Crippen molar-refractivity contribution < 1.29 is 9.18 Å². The van der Waals surface area contributed by atoms with Crippen LogP contribution in [0.1, 0.15) is 42.9 Å². The number of nitrogens with zero attached hydrogens (tertiary/aromatic N) is 5. The van der Waals surface area contributed by atoms with Crippen molar-refractivity contribution in [2.75, 3.05) is 18.0 Å².